The lowest BCUT2D eigenvalue weighted by atomic mass is 10.2. The summed E-state index contributed by atoms with van der Waals surface area (Å²) in [6.07, 6.45) is 5.16. The zero-order valence-electron chi connectivity index (χ0n) is 11.9. The molecule has 0 unspecified atom stereocenters. The normalized spacial score (nSPS) is 24.0. The average molecular weight is 287 g/mol. The molecule has 0 amide bonds. The van der Waals surface area contributed by atoms with Gasteiger partial charge in [-0.05, 0) is 25.5 Å². The van der Waals surface area contributed by atoms with Crippen LogP contribution in [0, 0.1) is 0 Å². The molecule has 0 aromatic carbocycles. The predicted molar refractivity (Wildman–Crippen MR) is 76.6 cm³/mol. The molecule has 4 rings (SSSR count). The molecule has 2 aromatic rings. The molecule has 0 saturated carbocycles. The number of morpholine rings is 1. The summed E-state index contributed by atoms with van der Waals surface area (Å²) in [4.78, 5) is 18.9. The Hall–Kier alpha value is -2.08. The Bertz CT molecular complexity index is 697. The Balaban J connectivity index is 1.71. The van der Waals surface area contributed by atoms with Crippen LogP contribution in [0.1, 0.15) is 23.7 Å². The van der Waals surface area contributed by atoms with Crippen molar-refractivity contribution in [3.63, 3.8) is 0 Å². The van der Waals surface area contributed by atoms with E-state index in [4.69, 9.17) is 9.47 Å². The minimum Gasteiger partial charge on any atom is -0.462 e. The van der Waals surface area contributed by atoms with Crippen LogP contribution in [-0.2, 0) is 9.47 Å². The molecule has 4 heterocycles. The van der Waals surface area contributed by atoms with E-state index in [1.165, 1.54) is 0 Å². The van der Waals surface area contributed by atoms with Crippen LogP contribution >= 0.6 is 0 Å². The van der Waals surface area contributed by atoms with Gasteiger partial charge in [0.05, 0.1) is 25.4 Å². The Labute approximate surface area is 122 Å². The highest BCUT2D eigenvalue weighted by Gasteiger charge is 2.39. The van der Waals surface area contributed by atoms with Crippen molar-refractivity contribution in [3.05, 3.63) is 30.1 Å². The van der Waals surface area contributed by atoms with Gasteiger partial charge in [0.2, 0.25) is 0 Å². The quantitative estimate of drug-likeness (QED) is 0.801. The van der Waals surface area contributed by atoms with Gasteiger partial charge >= 0.3 is 5.97 Å². The van der Waals surface area contributed by atoms with E-state index in [2.05, 4.69) is 9.88 Å². The number of ether oxygens (including phenoxy) is 2. The SMILES string of the molecule is CCOC(=O)c1ccn2ccc(N3C[C@@H]4C[C@H]3CO4)nc12. The van der Waals surface area contributed by atoms with Crippen LogP contribution in [0.15, 0.2) is 24.5 Å². The summed E-state index contributed by atoms with van der Waals surface area (Å²) >= 11 is 0. The minimum atomic E-state index is -0.323. The maximum absolute atomic E-state index is 12.0. The van der Waals surface area contributed by atoms with E-state index in [0.717, 1.165) is 25.4 Å². The molecule has 6 nitrogen and oxygen atoms in total. The molecule has 2 atom stereocenters. The number of anilines is 1. The predicted octanol–water partition coefficient (Wildman–Crippen LogP) is 1.49. The van der Waals surface area contributed by atoms with Crippen LogP contribution in [0.5, 0.6) is 0 Å². The van der Waals surface area contributed by atoms with Gasteiger partial charge in [0.15, 0.2) is 5.65 Å². The molecule has 110 valence electrons. The standard InChI is InChI=1S/C15H17N3O3/c1-2-20-15(19)12-3-5-17-6-4-13(16-14(12)17)18-8-11-7-10(18)9-21-11/h3-6,10-11H,2,7-9H2,1H3/t10-,11-/m0/s1. The Morgan fingerprint density at radius 1 is 1.48 bits per heavy atom. The van der Waals surface area contributed by atoms with E-state index in [-0.39, 0.29) is 5.97 Å². The monoisotopic (exact) mass is 287 g/mol. The number of rotatable bonds is 3. The van der Waals surface area contributed by atoms with Crippen molar-refractivity contribution >= 4 is 17.4 Å². The molecule has 0 aliphatic carbocycles. The molecule has 0 spiro atoms. The zero-order valence-corrected chi connectivity index (χ0v) is 11.9. The fourth-order valence-corrected chi connectivity index (χ4v) is 3.18. The molecule has 6 heteroatoms. The molecule has 2 aliphatic rings. The van der Waals surface area contributed by atoms with Gasteiger partial charge in [0.25, 0.3) is 0 Å². The Kier molecular flexibility index (Phi) is 2.85. The number of carbonyl (C=O) groups excluding carboxylic acids is 1. The maximum Gasteiger partial charge on any atom is 0.341 e. The molecule has 2 saturated heterocycles. The lowest BCUT2D eigenvalue weighted by Crippen LogP contribution is -2.37. The summed E-state index contributed by atoms with van der Waals surface area (Å²) in [7, 11) is 0. The molecule has 2 bridgehead atoms. The van der Waals surface area contributed by atoms with Crippen LogP contribution in [0.2, 0.25) is 0 Å². The summed E-state index contributed by atoms with van der Waals surface area (Å²) in [6.45, 7) is 3.81. The second-order valence-corrected chi connectivity index (χ2v) is 5.46. The van der Waals surface area contributed by atoms with Crippen LogP contribution in [0.4, 0.5) is 5.82 Å². The minimum absolute atomic E-state index is 0.323. The third-order valence-corrected chi connectivity index (χ3v) is 4.18. The third kappa shape index (κ3) is 1.98. The lowest BCUT2D eigenvalue weighted by molar-refractivity contribution is 0.0528. The topological polar surface area (TPSA) is 56.1 Å². The maximum atomic E-state index is 12.0. The smallest absolute Gasteiger partial charge is 0.341 e. The van der Waals surface area contributed by atoms with Crippen molar-refractivity contribution in [2.75, 3.05) is 24.7 Å². The van der Waals surface area contributed by atoms with Crippen molar-refractivity contribution in [1.82, 2.24) is 9.38 Å². The summed E-state index contributed by atoms with van der Waals surface area (Å²) in [6, 6.07) is 4.15. The fourth-order valence-electron chi connectivity index (χ4n) is 3.18. The van der Waals surface area contributed by atoms with Crippen LogP contribution < -0.4 is 4.90 Å². The molecule has 21 heavy (non-hydrogen) atoms. The van der Waals surface area contributed by atoms with Gasteiger partial charge in [-0.1, -0.05) is 0 Å². The highest BCUT2D eigenvalue weighted by molar-refractivity contribution is 5.96. The number of fused-ring (bicyclic) bond motifs is 3. The largest absolute Gasteiger partial charge is 0.462 e. The summed E-state index contributed by atoms with van der Waals surface area (Å²) in [5.41, 5.74) is 1.16. The van der Waals surface area contributed by atoms with E-state index in [9.17, 15) is 4.79 Å². The first-order valence-corrected chi connectivity index (χ1v) is 7.29. The van der Waals surface area contributed by atoms with Crippen LogP contribution in [0.3, 0.4) is 0 Å². The summed E-state index contributed by atoms with van der Waals surface area (Å²) in [5, 5.41) is 0. The van der Waals surface area contributed by atoms with E-state index >= 15 is 0 Å². The number of hydrogen-bond donors (Lipinski definition) is 0. The molecular formula is C15H17N3O3. The molecule has 2 aromatic heterocycles. The molecular weight excluding hydrogens is 270 g/mol. The van der Waals surface area contributed by atoms with E-state index in [1.807, 2.05) is 22.9 Å². The van der Waals surface area contributed by atoms with Crippen molar-refractivity contribution in [3.8, 4) is 0 Å². The van der Waals surface area contributed by atoms with Gasteiger partial charge in [0.1, 0.15) is 11.4 Å². The van der Waals surface area contributed by atoms with E-state index in [1.54, 1.807) is 13.0 Å². The second-order valence-electron chi connectivity index (χ2n) is 5.46. The number of aromatic nitrogens is 2. The zero-order chi connectivity index (χ0) is 14.4. The molecule has 0 N–H and O–H groups in total. The lowest BCUT2D eigenvalue weighted by Gasteiger charge is -2.27. The highest BCUT2D eigenvalue weighted by Crippen LogP contribution is 2.31. The average Bonchev–Trinajstić information content (AvgIpc) is 3.21. The second kappa shape index (κ2) is 4.73. The van der Waals surface area contributed by atoms with E-state index in [0.29, 0.717) is 30.0 Å². The third-order valence-electron chi connectivity index (χ3n) is 4.18. The molecule has 2 fully saturated rings. The van der Waals surface area contributed by atoms with Crippen molar-refractivity contribution in [2.24, 2.45) is 0 Å². The van der Waals surface area contributed by atoms with E-state index < -0.39 is 0 Å². The molecule has 2 aliphatic heterocycles. The van der Waals surface area contributed by atoms with Crippen molar-refractivity contribution in [2.45, 2.75) is 25.5 Å². The summed E-state index contributed by atoms with van der Waals surface area (Å²) < 4.78 is 12.6. The number of carbonyl (C=O) groups is 1. The van der Waals surface area contributed by atoms with Gasteiger partial charge in [-0.3, -0.25) is 0 Å². The first-order valence-electron chi connectivity index (χ1n) is 7.29. The number of esters is 1. The van der Waals surface area contributed by atoms with Crippen LogP contribution in [-0.4, -0.2) is 47.3 Å². The van der Waals surface area contributed by atoms with Crippen molar-refractivity contribution < 1.29 is 14.3 Å². The summed E-state index contributed by atoms with van der Waals surface area (Å²) in [5.74, 6) is 0.582. The molecule has 0 radical (unpaired) electrons. The van der Waals surface area contributed by atoms with Gasteiger partial charge < -0.3 is 18.8 Å². The van der Waals surface area contributed by atoms with Gasteiger partial charge in [-0.2, -0.15) is 0 Å². The van der Waals surface area contributed by atoms with Crippen LogP contribution in [0.25, 0.3) is 5.65 Å². The van der Waals surface area contributed by atoms with Gasteiger partial charge in [0, 0.05) is 18.9 Å². The number of hydrogen-bond acceptors (Lipinski definition) is 5. The highest BCUT2D eigenvalue weighted by atomic mass is 16.5. The Morgan fingerprint density at radius 3 is 3.05 bits per heavy atom. The Morgan fingerprint density at radius 2 is 2.33 bits per heavy atom. The fraction of sp³-hybridized carbons (Fsp3) is 0.467. The van der Waals surface area contributed by atoms with Crippen molar-refractivity contribution in [1.29, 1.82) is 0 Å². The van der Waals surface area contributed by atoms with Gasteiger partial charge in [-0.25, -0.2) is 9.78 Å². The number of nitrogens with zero attached hydrogens (tertiary/aromatic N) is 3. The first kappa shape index (κ1) is 12.6. The first-order chi connectivity index (χ1) is 10.3. The van der Waals surface area contributed by atoms with Gasteiger partial charge in [-0.15, -0.1) is 0 Å².